The average Bonchev–Trinajstić information content (AvgIpc) is 1.98. The molecule has 2 unspecified atom stereocenters. The molecule has 0 aromatic heterocycles. The van der Waals surface area contributed by atoms with Crippen LogP contribution < -0.4 is 0 Å². The van der Waals surface area contributed by atoms with Crippen LogP contribution in [0, 0.1) is 17.8 Å². The zero-order valence-corrected chi connectivity index (χ0v) is 8.64. The van der Waals surface area contributed by atoms with Gasteiger partial charge in [-0.05, 0) is 18.3 Å². The van der Waals surface area contributed by atoms with E-state index in [9.17, 15) is 4.79 Å². The fraction of sp³-hybridized carbons (Fsp3) is 0.889. The second-order valence-electron chi connectivity index (χ2n) is 3.68. The van der Waals surface area contributed by atoms with Gasteiger partial charge in [0, 0.05) is 5.88 Å². The van der Waals surface area contributed by atoms with E-state index in [0.717, 1.165) is 0 Å². The number of halogens is 1. The van der Waals surface area contributed by atoms with Crippen molar-refractivity contribution in [1.82, 2.24) is 0 Å². The summed E-state index contributed by atoms with van der Waals surface area (Å²) < 4.78 is 0. The van der Waals surface area contributed by atoms with Gasteiger partial charge in [-0.25, -0.2) is 0 Å². The predicted octanol–water partition coefficient (Wildman–Crippen LogP) is 2.61. The molecule has 1 N–H and O–H groups in total. The Morgan fingerprint density at radius 1 is 1.42 bits per heavy atom. The highest BCUT2D eigenvalue weighted by molar-refractivity contribution is 6.18. The molecule has 3 heteroatoms. The van der Waals surface area contributed by atoms with Gasteiger partial charge in [-0.15, -0.1) is 11.6 Å². The lowest BCUT2D eigenvalue weighted by Gasteiger charge is -2.18. The lowest BCUT2D eigenvalue weighted by atomic mass is 9.88. The number of alkyl halides is 1. The van der Waals surface area contributed by atoms with Crippen LogP contribution in [0.15, 0.2) is 0 Å². The Balaban J connectivity index is 4.05. The molecular weight excluding hydrogens is 176 g/mol. The average molecular weight is 193 g/mol. The smallest absolute Gasteiger partial charge is 0.306 e. The number of rotatable bonds is 5. The summed E-state index contributed by atoms with van der Waals surface area (Å²) >= 11 is 5.61. The third kappa shape index (κ3) is 3.96. The van der Waals surface area contributed by atoms with Gasteiger partial charge >= 0.3 is 5.97 Å². The minimum absolute atomic E-state index is 0.188. The second kappa shape index (κ2) is 5.41. The largest absolute Gasteiger partial charge is 0.481 e. The van der Waals surface area contributed by atoms with Crippen LogP contribution in [0.25, 0.3) is 0 Å². The van der Waals surface area contributed by atoms with Crippen molar-refractivity contribution in [3.05, 3.63) is 0 Å². The van der Waals surface area contributed by atoms with E-state index in [1.807, 2.05) is 20.8 Å². The maximum Gasteiger partial charge on any atom is 0.306 e. The fourth-order valence-corrected chi connectivity index (χ4v) is 1.28. The van der Waals surface area contributed by atoms with E-state index >= 15 is 0 Å². The maximum atomic E-state index is 10.7. The van der Waals surface area contributed by atoms with Crippen molar-refractivity contribution < 1.29 is 9.90 Å². The van der Waals surface area contributed by atoms with Crippen LogP contribution in [0.4, 0.5) is 0 Å². The molecule has 0 amide bonds. The van der Waals surface area contributed by atoms with Crippen molar-refractivity contribution in [3.63, 3.8) is 0 Å². The minimum Gasteiger partial charge on any atom is -0.481 e. The topological polar surface area (TPSA) is 37.3 Å². The molecule has 0 aliphatic rings. The number of carboxylic acids is 1. The Morgan fingerprint density at radius 2 is 1.92 bits per heavy atom. The molecule has 0 radical (unpaired) electrons. The number of carboxylic acid groups (broad SMARTS) is 1. The van der Waals surface area contributed by atoms with E-state index in [1.54, 1.807) is 0 Å². The van der Waals surface area contributed by atoms with Crippen molar-refractivity contribution in [2.45, 2.75) is 27.2 Å². The van der Waals surface area contributed by atoms with Gasteiger partial charge in [0.15, 0.2) is 0 Å². The molecule has 2 atom stereocenters. The molecular formula is C9H17ClO2. The first-order valence-corrected chi connectivity index (χ1v) is 4.81. The SMILES string of the molecule is CC(CCl)CC(C(=O)O)C(C)C. The summed E-state index contributed by atoms with van der Waals surface area (Å²) in [5.74, 6) is 0.0558. The molecule has 0 aliphatic carbocycles. The quantitative estimate of drug-likeness (QED) is 0.680. The van der Waals surface area contributed by atoms with Gasteiger partial charge in [-0.2, -0.15) is 0 Å². The monoisotopic (exact) mass is 192 g/mol. The first-order valence-electron chi connectivity index (χ1n) is 4.27. The molecule has 0 saturated carbocycles. The number of hydrogen-bond donors (Lipinski definition) is 1. The summed E-state index contributed by atoms with van der Waals surface area (Å²) in [5, 5.41) is 8.84. The van der Waals surface area contributed by atoms with Crippen LogP contribution in [0.3, 0.4) is 0 Å². The van der Waals surface area contributed by atoms with Crippen LogP contribution in [-0.4, -0.2) is 17.0 Å². The Bertz CT molecular complexity index is 145. The van der Waals surface area contributed by atoms with Gasteiger partial charge in [0.2, 0.25) is 0 Å². The summed E-state index contributed by atoms with van der Waals surface area (Å²) in [6.07, 6.45) is 0.677. The van der Waals surface area contributed by atoms with E-state index in [-0.39, 0.29) is 17.8 Å². The molecule has 0 bridgehead atoms. The molecule has 0 spiro atoms. The van der Waals surface area contributed by atoms with Crippen LogP contribution in [0.1, 0.15) is 27.2 Å². The third-order valence-corrected chi connectivity index (χ3v) is 2.57. The van der Waals surface area contributed by atoms with Crippen LogP contribution in [-0.2, 0) is 4.79 Å². The standard InChI is InChI=1S/C9H17ClO2/c1-6(2)8(9(11)12)4-7(3)5-10/h6-8H,4-5H2,1-3H3,(H,11,12). The molecule has 0 rings (SSSR count). The number of hydrogen-bond acceptors (Lipinski definition) is 1. The summed E-state index contributed by atoms with van der Waals surface area (Å²) in [6.45, 7) is 5.84. The molecule has 0 aliphatic heterocycles. The summed E-state index contributed by atoms with van der Waals surface area (Å²) in [7, 11) is 0. The van der Waals surface area contributed by atoms with Crippen molar-refractivity contribution in [1.29, 1.82) is 0 Å². The summed E-state index contributed by atoms with van der Waals surface area (Å²) in [5.41, 5.74) is 0. The lowest BCUT2D eigenvalue weighted by Crippen LogP contribution is -2.22. The van der Waals surface area contributed by atoms with Crippen LogP contribution in [0.2, 0.25) is 0 Å². The molecule has 12 heavy (non-hydrogen) atoms. The van der Waals surface area contributed by atoms with E-state index < -0.39 is 5.97 Å². The first kappa shape index (κ1) is 11.8. The first-order chi connectivity index (χ1) is 5.49. The Hall–Kier alpha value is -0.240. The van der Waals surface area contributed by atoms with Crippen molar-refractivity contribution in [2.75, 3.05) is 5.88 Å². The molecule has 0 saturated heterocycles. The lowest BCUT2D eigenvalue weighted by molar-refractivity contribution is -0.143. The van der Waals surface area contributed by atoms with Crippen LogP contribution >= 0.6 is 11.6 Å². The third-order valence-electron chi connectivity index (χ3n) is 2.04. The van der Waals surface area contributed by atoms with Gasteiger partial charge in [0.25, 0.3) is 0 Å². The minimum atomic E-state index is -0.707. The van der Waals surface area contributed by atoms with Crippen molar-refractivity contribution in [2.24, 2.45) is 17.8 Å². The highest BCUT2D eigenvalue weighted by atomic mass is 35.5. The molecule has 0 fully saturated rings. The molecule has 2 nitrogen and oxygen atoms in total. The van der Waals surface area contributed by atoms with E-state index in [0.29, 0.717) is 12.3 Å². The molecule has 0 heterocycles. The Morgan fingerprint density at radius 3 is 2.17 bits per heavy atom. The highest BCUT2D eigenvalue weighted by Gasteiger charge is 2.23. The molecule has 0 aromatic rings. The van der Waals surface area contributed by atoms with Crippen molar-refractivity contribution in [3.8, 4) is 0 Å². The Kier molecular flexibility index (Phi) is 5.31. The zero-order valence-electron chi connectivity index (χ0n) is 7.88. The van der Waals surface area contributed by atoms with Gasteiger partial charge in [0.1, 0.15) is 0 Å². The van der Waals surface area contributed by atoms with Gasteiger partial charge < -0.3 is 5.11 Å². The van der Waals surface area contributed by atoms with E-state index in [1.165, 1.54) is 0 Å². The second-order valence-corrected chi connectivity index (χ2v) is 3.99. The van der Waals surface area contributed by atoms with Gasteiger partial charge in [0.05, 0.1) is 5.92 Å². The number of aliphatic carboxylic acids is 1. The summed E-state index contributed by atoms with van der Waals surface area (Å²) in [4.78, 5) is 10.7. The Labute approximate surface area is 78.9 Å². The van der Waals surface area contributed by atoms with E-state index in [2.05, 4.69) is 0 Å². The van der Waals surface area contributed by atoms with Gasteiger partial charge in [-0.1, -0.05) is 20.8 Å². The van der Waals surface area contributed by atoms with Crippen molar-refractivity contribution >= 4 is 17.6 Å². The zero-order chi connectivity index (χ0) is 9.72. The highest BCUT2D eigenvalue weighted by Crippen LogP contribution is 2.21. The number of carbonyl (C=O) groups is 1. The molecule has 72 valence electrons. The predicted molar refractivity (Wildman–Crippen MR) is 50.5 cm³/mol. The van der Waals surface area contributed by atoms with Crippen LogP contribution in [0.5, 0.6) is 0 Å². The van der Waals surface area contributed by atoms with Gasteiger partial charge in [-0.3, -0.25) is 4.79 Å². The normalized spacial score (nSPS) is 16.1. The maximum absolute atomic E-state index is 10.7. The molecule has 0 aromatic carbocycles. The van der Waals surface area contributed by atoms with E-state index in [4.69, 9.17) is 16.7 Å². The summed E-state index contributed by atoms with van der Waals surface area (Å²) in [6, 6.07) is 0. The fourth-order valence-electron chi connectivity index (χ4n) is 1.15.